The maximum atomic E-state index is 12.3. The van der Waals surface area contributed by atoms with Gasteiger partial charge in [0.05, 0.1) is 23.1 Å². The fourth-order valence-electron chi connectivity index (χ4n) is 2.05. The molecule has 5 heteroatoms. The minimum absolute atomic E-state index is 0.0242. The molecule has 21 heavy (non-hydrogen) atoms. The molecule has 108 valence electrons. The molecule has 2 rings (SSSR count). The lowest BCUT2D eigenvalue weighted by molar-refractivity contribution is 0.594. The van der Waals surface area contributed by atoms with E-state index in [-0.39, 0.29) is 11.5 Å². The van der Waals surface area contributed by atoms with E-state index in [9.17, 15) is 8.42 Å². The molecule has 2 aromatic carbocycles. The van der Waals surface area contributed by atoms with Crippen molar-refractivity contribution in [3.63, 3.8) is 0 Å². The maximum absolute atomic E-state index is 12.3. The zero-order valence-corrected chi connectivity index (χ0v) is 13.1. The molecule has 0 aromatic heterocycles. The summed E-state index contributed by atoms with van der Waals surface area (Å²) in [4.78, 5) is 0. The highest BCUT2D eigenvalue weighted by Gasteiger charge is 2.15. The standard InChI is InChI=1S/C16H14ClNO2S/c1-12-8-14(9-18)2-5-15(12)11-21(19,20)10-13-3-6-16(17)7-4-13/h2-8H,10-11H2,1H3. The van der Waals surface area contributed by atoms with Gasteiger partial charge in [-0.15, -0.1) is 0 Å². The molecular formula is C16H14ClNO2S. The molecule has 0 amide bonds. The molecule has 0 fully saturated rings. The number of hydrogen-bond donors (Lipinski definition) is 0. The number of hydrogen-bond acceptors (Lipinski definition) is 3. The Morgan fingerprint density at radius 2 is 1.76 bits per heavy atom. The third-order valence-corrected chi connectivity index (χ3v) is 4.92. The Hall–Kier alpha value is -1.83. The van der Waals surface area contributed by atoms with E-state index < -0.39 is 9.84 Å². The molecule has 0 aliphatic heterocycles. The van der Waals surface area contributed by atoms with Crippen LogP contribution in [0.1, 0.15) is 22.3 Å². The lowest BCUT2D eigenvalue weighted by Crippen LogP contribution is -2.08. The number of rotatable bonds is 4. The Labute approximate surface area is 129 Å². The SMILES string of the molecule is Cc1cc(C#N)ccc1CS(=O)(=O)Cc1ccc(Cl)cc1. The van der Waals surface area contributed by atoms with Crippen molar-refractivity contribution in [3.05, 3.63) is 69.7 Å². The van der Waals surface area contributed by atoms with Gasteiger partial charge in [0.1, 0.15) is 0 Å². The summed E-state index contributed by atoms with van der Waals surface area (Å²) in [5.74, 6) is -0.0588. The molecule has 0 aliphatic carbocycles. The van der Waals surface area contributed by atoms with Gasteiger partial charge < -0.3 is 0 Å². The van der Waals surface area contributed by atoms with Crippen molar-refractivity contribution < 1.29 is 8.42 Å². The van der Waals surface area contributed by atoms with E-state index in [2.05, 4.69) is 0 Å². The molecule has 0 aliphatic rings. The highest BCUT2D eigenvalue weighted by atomic mass is 35.5. The van der Waals surface area contributed by atoms with Crippen LogP contribution in [0.3, 0.4) is 0 Å². The van der Waals surface area contributed by atoms with E-state index in [0.29, 0.717) is 16.1 Å². The fourth-order valence-corrected chi connectivity index (χ4v) is 3.78. The first kappa shape index (κ1) is 15.6. The quantitative estimate of drug-likeness (QED) is 0.864. The van der Waals surface area contributed by atoms with Gasteiger partial charge in [0.15, 0.2) is 9.84 Å². The van der Waals surface area contributed by atoms with Crippen LogP contribution in [0.15, 0.2) is 42.5 Å². The highest BCUT2D eigenvalue weighted by Crippen LogP contribution is 2.18. The van der Waals surface area contributed by atoms with E-state index in [1.54, 1.807) is 42.5 Å². The smallest absolute Gasteiger partial charge is 0.158 e. The van der Waals surface area contributed by atoms with Crippen LogP contribution in [-0.4, -0.2) is 8.42 Å². The Bertz CT molecular complexity index is 790. The number of aryl methyl sites for hydroxylation is 1. The average molecular weight is 320 g/mol. The Morgan fingerprint density at radius 1 is 1.10 bits per heavy atom. The first-order valence-electron chi connectivity index (χ1n) is 6.34. The summed E-state index contributed by atoms with van der Waals surface area (Å²) in [5.41, 5.74) is 2.79. The van der Waals surface area contributed by atoms with Gasteiger partial charge in [-0.3, -0.25) is 0 Å². The zero-order chi connectivity index (χ0) is 15.5. The van der Waals surface area contributed by atoms with Crippen LogP contribution in [0.5, 0.6) is 0 Å². The number of benzene rings is 2. The third kappa shape index (κ3) is 4.32. The van der Waals surface area contributed by atoms with E-state index in [4.69, 9.17) is 16.9 Å². The molecule has 0 spiro atoms. The van der Waals surface area contributed by atoms with Crippen LogP contribution < -0.4 is 0 Å². The Kier molecular flexibility index (Phi) is 4.66. The van der Waals surface area contributed by atoms with Crippen molar-refractivity contribution in [1.82, 2.24) is 0 Å². The molecule has 0 radical (unpaired) electrons. The van der Waals surface area contributed by atoms with Crippen LogP contribution in [0.4, 0.5) is 0 Å². The lowest BCUT2D eigenvalue weighted by Gasteiger charge is -2.08. The molecule has 0 unspecified atom stereocenters. The summed E-state index contributed by atoms with van der Waals surface area (Å²) in [6.07, 6.45) is 0. The summed E-state index contributed by atoms with van der Waals surface area (Å²) in [5, 5.41) is 9.41. The van der Waals surface area contributed by atoms with Crippen LogP contribution in [0, 0.1) is 18.3 Å². The molecule has 0 saturated heterocycles. The minimum Gasteiger partial charge on any atom is -0.228 e. The summed E-state index contributed by atoms with van der Waals surface area (Å²) >= 11 is 5.79. The van der Waals surface area contributed by atoms with Gasteiger partial charge in [-0.05, 0) is 47.9 Å². The number of sulfone groups is 1. The monoisotopic (exact) mass is 319 g/mol. The fraction of sp³-hybridized carbons (Fsp3) is 0.188. The lowest BCUT2D eigenvalue weighted by atomic mass is 10.1. The minimum atomic E-state index is -3.27. The van der Waals surface area contributed by atoms with Gasteiger partial charge in [-0.2, -0.15) is 5.26 Å². The van der Waals surface area contributed by atoms with Gasteiger partial charge in [-0.25, -0.2) is 8.42 Å². The van der Waals surface area contributed by atoms with Crippen molar-refractivity contribution in [3.8, 4) is 6.07 Å². The zero-order valence-electron chi connectivity index (χ0n) is 11.5. The largest absolute Gasteiger partial charge is 0.228 e. The normalized spacial score (nSPS) is 11.1. The molecule has 0 heterocycles. The van der Waals surface area contributed by atoms with Crippen molar-refractivity contribution >= 4 is 21.4 Å². The van der Waals surface area contributed by atoms with Crippen LogP contribution in [0.25, 0.3) is 0 Å². The molecule has 0 saturated carbocycles. The van der Waals surface area contributed by atoms with Crippen molar-refractivity contribution in [2.75, 3.05) is 0 Å². The molecular weight excluding hydrogens is 306 g/mol. The van der Waals surface area contributed by atoms with Crippen LogP contribution >= 0.6 is 11.6 Å². The number of nitriles is 1. The second kappa shape index (κ2) is 6.30. The van der Waals surface area contributed by atoms with E-state index >= 15 is 0 Å². The Morgan fingerprint density at radius 3 is 2.33 bits per heavy atom. The predicted octanol–water partition coefficient (Wildman–Crippen LogP) is 3.64. The van der Waals surface area contributed by atoms with E-state index in [1.807, 2.05) is 13.0 Å². The summed E-state index contributed by atoms with van der Waals surface area (Å²) in [6.45, 7) is 1.81. The van der Waals surface area contributed by atoms with E-state index in [1.165, 1.54) is 0 Å². The average Bonchev–Trinajstić information content (AvgIpc) is 2.43. The number of nitrogens with zero attached hydrogens (tertiary/aromatic N) is 1. The van der Waals surface area contributed by atoms with Crippen molar-refractivity contribution in [2.24, 2.45) is 0 Å². The van der Waals surface area contributed by atoms with Gasteiger partial charge in [0, 0.05) is 5.02 Å². The van der Waals surface area contributed by atoms with Gasteiger partial charge >= 0.3 is 0 Å². The first-order valence-corrected chi connectivity index (χ1v) is 8.54. The topological polar surface area (TPSA) is 57.9 Å². The van der Waals surface area contributed by atoms with Crippen molar-refractivity contribution in [2.45, 2.75) is 18.4 Å². The maximum Gasteiger partial charge on any atom is 0.158 e. The second-order valence-electron chi connectivity index (χ2n) is 4.91. The van der Waals surface area contributed by atoms with E-state index in [0.717, 1.165) is 11.1 Å². The van der Waals surface area contributed by atoms with Gasteiger partial charge in [0.25, 0.3) is 0 Å². The van der Waals surface area contributed by atoms with Crippen LogP contribution in [-0.2, 0) is 21.3 Å². The molecule has 3 nitrogen and oxygen atoms in total. The Balaban J connectivity index is 2.18. The molecule has 0 N–H and O–H groups in total. The molecule has 0 bridgehead atoms. The number of halogens is 1. The van der Waals surface area contributed by atoms with Gasteiger partial charge in [-0.1, -0.05) is 29.8 Å². The molecule has 2 aromatic rings. The second-order valence-corrected chi connectivity index (χ2v) is 7.41. The summed E-state index contributed by atoms with van der Waals surface area (Å²) in [7, 11) is -3.27. The predicted molar refractivity (Wildman–Crippen MR) is 83.7 cm³/mol. The summed E-state index contributed by atoms with van der Waals surface area (Å²) < 4.78 is 24.5. The van der Waals surface area contributed by atoms with Crippen LogP contribution in [0.2, 0.25) is 5.02 Å². The first-order chi connectivity index (χ1) is 9.89. The van der Waals surface area contributed by atoms with Crippen molar-refractivity contribution in [1.29, 1.82) is 5.26 Å². The highest BCUT2D eigenvalue weighted by molar-refractivity contribution is 7.89. The third-order valence-electron chi connectivity index (χ3n) is 3.15. The molecule has 0 atom stereocenters. The van der Waals surface area contributed by atoms with Gasteiger partial charge in [0.2, 0.25) is 0 Å². The summed E-state index contributed by atoms with van der Waals surface area (Å²) in [6, 6.07) is 13.9.